The van der Waals surface area contributed by atoms with E-state index in [0.717, 1.165) is 17.4 Å². The van der Waals surface area contributed by atoms with Gasteiger partial charge in [0, 0.05) is 39.3 Å². The molecule has 0 amide bonds. The standard InChI is InChI=1S/C18H11FN2O2S.ClH/c1-10-13-6-16(19)15(7-17(13)23-21-10)18-14(5-12(9-22)24-18)11-3-2-4-20-8-11;/h2-9H,1H3;1H. The van der Waals surface area contributed by atoms with Crippen LogP contribution in [0, 0.1) is 12.7 Å². The number of aldehydes is 1. The molecule has 0 saturated carbocycles. The zero-order valence-corrected chi connectivity index (χ0v) is 14.7. The van der Waals surface area contributed by atoms with E-state index in [0.29, 0.717) is 32.0 Å². The van der Waals surface area contributed by atoms with E-state index in [1.807, 2.05) is 6.07 Å². The first-order valence-electron chi connectivity index (χ1n) is 7.22. The lowest BCUT2D eigenvalue weighted by Crippen LogP contribution is -1.85. The predicted octanol–water partition coefficient (Wildman–Crippen LogP) is 5.30. The van der Waals surface area contributed by atoms with Crippen molar-refractivity contribution < 1.29 is 13.7 Å². The molecule has 7 heteroatoms. The summed E-state index contributed by atoms with van der Waals surface area (Å²) in [5, 5.41) is 4.51. The van der Waals surface area contributed by atoms with E-state index in [1.165, 1.54) is 17.4 Å². The van der Waals surface area contributed by atoms with Crippen molar-refractivity contribution in [1.29, 1.82) is 0 Å². The Morgan fingerprint density at radius 3 is 2.80 bits per heavy atom. The van der Waals surface area contributed by atoms with E-state index < -0.39 is 0 Å². The molecule has 4 rings (SSSR count). The second-order valence-electron chi connectivity index (χ2n) is 5.35. The van der Waals surface area contributed by atoms with Gasteiger partial charge in [0.2, 0.25) is 0 Å². The van der Waals surface area contributed by atoms with E-state index in [1.54, 1.807) is 37.5 Å². The number of aryl methyl sites for hydroxylation is 1. The number of aromatic nitrogens is 2. The highest BCUT2D eigenvalue weighted by Crippen LogP contribution is 2.41. The number of fused-ring (bicyclic) bond motifs is 1. The van der Waals surface area contributed by atoms with Crippen molar-refractivity contribution in [2.24, 2.45) is 0 Å². The minimum atomic E-state index is -0.377. The molecule has 4 nitrogen and oxygen atoms in total. The summed E-state index contributed by atoms with van der Waals surface area (Å²) in [6.45, 7) is 1.77. The van der Waals surface area contributed by atoms with Crippen LogP contribution in [0.3, 0.4) is 0 Å². The van der Waals surface area contributed by atoms with Gasteiger partial charge in [0.05, 0.1) is 10.6 Å². The van der Waals surface area contributed by atoms with Gasteiger partial charge in [-0.1, -0.05) is 11.2 Å². The molecule has 3 heterocycles. The van der Waals surface area contributed by atoms with Gasteiger partial charge in [0.15, 0.2) is 11.9 Å². The lowest BCUT2D eigenvalue weighted by atomic mass is 10.0. The number of halogens is 2. The normalized spacial score (nSPS) is 10.6. The number of pyridine rings is 1. The van der Waals surface area contributed by atoms with Crippen LogP contribution in [0.25, 0.3) is 32.5 Å². The van der Waals surface area contributed by atoms with Crippen molar-refractivity contribution >= 4 is 41.0 Å². The molecule has 1 aromatic carbocycles. The van der Waals surface area contributed by atoms with Crippen molar-refractivity contribution in [1.82, 2.24) is 10.1 Å². The summed E-state index contributed by atoms with van der Waals surface area (Å²) in [5.74, 6) is -0.377. The lowest BCUT2D eigenvalue weighted by molar-refractivity contribution is 0.112. The van der Waals surface area contributed by atoms with Gasteiger partial charge in [0.25, 0.3) is 0 Å². The molecule has 0 aliphatic carbocycles. The van der Waals surface area contributed by atoms with E-state index in [-0.39, 0.29) is 18.2 Å². The van der Waals surface area contributed by atoms with Gasteiger partial charge in [-0.2, -0.15) is 0 Å². The summed E-state index contributed by atoms with van der Waals surface area (Å²) in [6, 6.07) is 8.48. The molecule has 0 radical (unpaired) electrons. The Labute approximate surface area is 152 Å². The van der Waals surface area contributed by atoms with E-state index in [9.17, 15) is 9.18 Å². The molecule has 3 aromatic heterocycles. The van der Waals surface area contributed by atoms with Gasteiger partial charge in [-0.3, -0.25) is 9.78 Å². The molecule has 0 spiro atoms. The maximum atomic E-state index is 14.7. The van der Waals surface area contributed by atoms with Gasteiger partial charge < -0.3 is 4.52 Å². The number of rotatable bonds is 3. The maximum Gasteiger partial charge on any atom is 0.167 e. The first-order chi connectivity index (χ1) is 11.7. The molecule has 0 aliphatic rings. The quantitative estimate of drug-likeness (QED) is 0.456. The van der Waals surface area contributed by atoms with Crippen molar-refractivity contribution in [2.75, 3.05) is 0 Å². The highest BCUT2D eigenvalue weighted by atomic mass is 35.5. The summed E-state index contributed by atoms with van der Waals surface area (Å²) in [5.41, 5.74) is 3.13. The van der Waals surface area contributed by atoms with E-state index in [4.69, 9.17) is 4.52 Å². The SMILES string of the molecule is Cc1noc2cc(-c3sc(C=O)cc3-c3cccnc3)c(F)cc12.Cl. The minimum absolute atomic E-state index is 0. The van der Waals surface area contributed by atoms with E-state index >= 15 is 0 Å². The van der Waals surface area contributed by atoms with Crippen LogP contribution in [-0.2, 0) is 0 Å². The molecule has 4 aromatic rings. The zero-order chi connectivity index (χ0) is 16.7. The monoisotopic (exact) mass is 374 g/mol. The molecular formula is C18H12ClFN2O2S. The highest BCUT2D eigenvalue weighted by molar-refractivity contribution is 7.17. The number of nitrogens with zero attached hydrogens (tertiary/aromatic N) is 2. The number of carbonyl (C=O) groups excluding carboxylic acids is 1. The Morgan fingerprint density at radius 1 is 1.24 bits per heavy atom. The maximum absolute atomic E-state index is 14.7. The first-order valence-corrected chi connectivity index (χ1v) is 8.04. The summed E-state index contributed by atoms with van der Waals surface area (Å²) < 4.78 is 20.0. The number of benzene rings is 1. The Bertz CT molecular complexity index is 1060. The Hall–Kier alpha value is -2.57. The predicted molar refractivity (Wildman–Crippen MR) is 97.9 cm³/mol. The van der Waals surface area contributed by atoms with Crippen LogP contribution in [0.5, 0.6) is 0 Å². The smallest absolute Gasteiger partial charge is 0.167 e. The fourth-order valence-electron chi connectivity index (χ4n) is 2.66. The summed E-state index contributed by atoms with van der Waals surface area (Å²) >= 11 is 1.24. The highest BCUT2D eigenvalue weighted by Gasteiger charge is 2.18. The number of hydrogen-bond donors (Lipinski definition) is 0. The number of hydrogen-bond acceptors (Lipinski definition) is 5. The molecule has 0 saturated heterocycles. The van der Waals surface area contributed by atoms with Crippen LogP contribution in [0.15, 0.2) is 47.2 Å². The third kappa shape index (κ3) is 2.94. The summed E-state index contributed by atoms with van der Waals surface area (Å²) in [4.78, 5) is 16.5. The molecule has 25 heavy (non-hydrogen) atoms. The molecule has 0 N–H and O–H groups in total. The van der Waals surface area contributed by atoms with Crippen LogP contribution < -0.4 is 0 Å². The largest absolute Gasteiger partial charge is 0.356 e. The average Bonchev–Trinajstić information content (AvgIpc) is 3.19. The van der Waals surface area contributed by atoms with Crippen LogP contribution in [0.4, 0.5) is 4.39 Å². The lowest BCUT2D eigenvalue weighted by Gasteiger charge is -2.05. The first kappa shape index (κ1) is 17.3. The molecule has 0 bridgehead atoms. The third-order valence-electron chi connectivity index (χ3n) is 3.82. The van der Waals surface area contributed by atoms with Crippen molar-refractivity contribution in [3.8, 4) is 21.6 Å². The molecule has 126 valence electrons. The second-order valence-corrected chi connectivity index (χ2v) is 6.43. The van der Waals surface area contributed by atoms with Crippen LogP contribution in [0.1, 0.15) is 15.4 Å². The van der Waals surface area contributed by atoms with E-state index in [2.05, 4.69) is 10.1 Å². The van der Waals surface area contributed by atoms with Crippen LogP contribution >= 0.6 is 23.7 Å². The molecule has 0 unspecified atom stereocenters. The fraction of sp³-hybridized carbons (Fsp3) is 0.0556. The van der Waals surface area contributed by atoms with Gasteiger partial charge in [-0.05, 0) is 31.2 Å². The van der Waals surface area contributed by atoms with Crippen molar-refractivity contribution in [2.45, 2.75) is 6.92 Å². The Morgan fingerprint density at radius 2 is 2.08 bits per heavy atom. The second kappa shape index (κ2) is 6.74. The number of thiophene rings is 1. The van der Waals surface area contributed by atoms with Crippen LogP contribution in [-0.4, -0.2) is 16.4 Å². The zero-order valence-electron chi connectivity index (χ0n) is 13.0. The number of carbonyl (C=O) groups is 1. The topological polar surface area (TPSA) is 56.0 Å². The van der Waals surface area contributed by atoms with Crippen molar-refractivity contribution in [3.63, 3.8) is 0 Å². The van der Waals surface area contributed by atoms with Gasteiger partial charge >= 0.3 is 0 Å². The molecular weight excluding hydrogens is 363 g/mol. The van der Waals surface area contributed by atoms with Gasteiger partial charge in [-0.15, -0.1) is 23.7 Å². The Balaban J connectivity index is 0.00000182. The molecule has 0 aliphatic heterocycles. The molecule has 0 fully saturated rings. The fourth-order valence-corrected chi connectivity index (χ4v) is 3.67. The minimum Gasteiger partial charge on any atom is -0.356 e. The average molecular weight is 375 g/mol. The van der Waals surface area contributed by atoms with Crippen LogP contribution in [0.2, 0.25) is 0 Å². The molecule has 0 atom stereocenters. The van der Waals surface area contributed by atoms with Gasteiger partial charge in [0.1, 0.15) is 5.82 Å². The Kier molecular flexibility index (Phi) is 4.65. The summed E-state index contributed by atoms with van der Waals surface area (Å²) in [7, 11) is 0. The van der Waals surface area contributed by atoms with Crippen molar-refractivity contribution in [3.05, 3.63) is 59.1 Å². The third-order valence-corrected chi connectivity index (χ3v) is 4.92. The van der Waals surface area contributed by atoms with Gasteiger partial charge in [-0.25, -0.2) is 4.39 Å². The summed E-state index contributed by atoms with van der Waals surface area (Å²) in [6.07, 6.45) is 4.12.